The summed E-state index contributed by atoms with van der Waals surface area (Å²) < 4.78 is 2.30. The van der Waals surface area contributed by atoms with Gasteiger partial charge >= 0.3 is 0 Å². The topological polar surface area (TPSA) is 3.88 Å². The normalized spacial score (nSPS) is 16.0. The van der Waals surface area contributed by atoms with Crippen LogP contribution in [0, 0.1) is 20.8 Å². The molecule has 0 amide bonds. The van der Waals surface area contributed by atoms with E-state index in [9.17, 15) is 0 Å². The van der Waals surface area contributed by atoms with E-state index in [1.54, 1.807) is 0 Å². The SMILES string of the molecule is Cc1cc(-c2c(C)ccc3c2-c2cc4ccccc4cc2C(C)(C)C3(C)C)[n+](C)cc1C. The summed E-state index contributed by atoms with van der Waals surface area (Å²) in [6.45, 7) is 16.3. The number of pyridine rings is 1. The van der Waals surface area contributed by atoms with E-state index in [0.29, 0.717) is 0 Å². The molecule has 3 aromatic carbocycles. The number of hydrogen-bond donors (Lipinski definition) is 0. The van der Waals surface area contributed by atoms with Crippen LogP contribution in [0.15, 0.2) is 60.8 Å². The number of fused-ring (bicyclic) bond motifs is 4. The van der Waals surface area contributed by atoms with Gasteiger partial charge in [-0.15, -0.1) is 0 Å². The van der Waals surface area contributed by atoms with E-state index in [0.717, 1.165) is 0 Å². The number of aromatic nitrogens is 1. The molecule has 0 N–H and O–H groups in total. The maximum absolute atomic E-state index is 2.45. The summed E-state index contributed by atoms with van der Waals surface area (Å²) in [6, 6.07) is 20.7. The predicted molar refractivity (Wildman–Crippen MR) is 136 cm³/mol. The molecule has 0 spiro atoms. The molecule has 4 aromatic rings. The maximum Gasteiger partial charge on any atom is 0.213 e. The van der Waals surface area contributed by atoms with Gasteiger partial charge in [0.2, 0.25) is 5.69 Å². The van der Waals surface area contributed by atoms with Crippen molar-refractivity contribution in [1.82, 2.24) is 0 Å². The summed E-state index contributed by atoms with van der Waals surface area (Å²) in [5.41, 5.74) is 12.4. The molecule has 0 atom stereocenters. The third kappa shape index (κ3) is 2.73. The summed E-state index contributed by atoms with van der Waals surface area (Å²) in [4.78, 5) is 0. The molecule has 32 heavy (non-hydrogen) atoms. The quantitative estimate of drug-likeness (QED) is 0.281. The number of hydrogen-bond acceptors (Lipinski definition) is 0. The van der Waals surface area contributed by atoms with Gasteiger partial charge in [-0.25, -0.2) is 4.57 Å². The number of aryl methyl sites for hydroxylation is 4. The minimum Gasteiger partial charge on any atom is -0.201 e. The van der Waals surface area contributed by atoms with Crippen molar-refractivity contribution < 1.29 is 4.57 Å². The van der Waals surface area contributed by atoms with Crippen molar-refractivity contribution in [3.63, 3.8) is 0 Å². The van der Waals surface area contributed by atoms with Gasteiger partial charge in [-0.2, -0.15) is 0 Å². The fraction of sp³-hybridized carbons (Fsp3) is 0.323. The van der Waals surface area contributed by atoms with Crippen LogP contribution in [0.25, 0.3) is 33.2 Å². The molecule has 1 heterocycles. The Morgan fingerprint density at radius 3 is 1.94 bits per heavy atom. The molecule has 0 aliphatic heterocycles. The van der Waals surface area contributed by atoms with Gasteiger partial charge < -0.3 is 0 Å². The Kier molecular flexibility index (Phi) is 4.44. The molecule has 0 fully saturated rings. The van der Waals surface area contributed by atoms with Crippen LogP contribution in [0.3, 0.4) is 0 Å². The van der Waals surface area contributed by atoms with Crippen molar-refractivity contribution >= 4 is 10.8 Å². The number of rotatable bonds is 1. The van der Waals surface area contributed by atoms with E-state index in [4.69, 9.17) is 0 Å². The van der Waals surface area contributed by atoms with Crippen molar-refractivity contribution in [3.05, 3.63) is 88.6 Å². The van der Waals surface area contributed by atoms with Crippen molar-refractivity contribution in [1.29, 1.82) is 0 Å². The zero-order valence-corrected chi connectivity index (χ0v) is 20.7. The first kappa shape index (κ1) is 20.9. The maximum atomic E-state index is 2.45. The van der Waals surface area contributed by atoms with Crippen LogP contribution in [0.2, 0.25) is 0 Å². The highest BCUT2D eigenvalue weighted by atomic mass is 14.9. The Bertz CT molecular complexity index is 1400. The van der Waals surface area contributed by atoms with Gasteiger partial charge in [-0.05, 0) is 87.9 Å². The molecule has 1 aliphatic rings. The number of nitrogens with zero attached hydrogens (tertiary/aromatic N) is 1. The van der Waals surface area contributed by atoms with Crippen LogP contribution >= 0.6 is 0 Å². The van der Waals surface area contributed by atoms with Crippen LogP contribution in [-0.4, -0.2) is 0 Å². The smallest absolute Gasteiger partial charge is 0.201 e. The average molecular weight is 421 g/mol. The Hall–Kier alpha value is -2.93. The molecule has 0 saturated carbocycles. The van der Waals surface area contributed by atoms with Gasteiger partial charge in [-0.1, -0.05) is 64.1 Å². The van der Waals surface area contributed by atoms with Crippen molar-refractivity contribution in [2.24, 2.45) is 7.05 Å². The van der Waals surface area contributed by atoms with Crippen LogP contribution in [0.1, 0.15) is 55.5 Å². The van der Waals surface area contributed by atoms with Gasteiger partial charge in [-0.3, -0.25) is 0 Å². The second-order valence-electron chi connectivity index (χ2n) is 10.8. The summed E-state index contributed by atoms with van der Waals surface area (Å²) in [5, 5.41) is 2.63. The number of benzene rings is 3. The monoisotopic (exact) mass is 420 g/mol. The standard InChI is InChI=1S/C31H34N/c1-19-13-14-25-29(28(19)27-15-20(2)21(3)18-32(27)8)24-16-22-11-9-10-12-23(22)17-26(24)31(6,7)30(25,4)5/h9-18H,1-8H3/q+1. The summed E-state index contributed by atoms with van der Waals surface area (Å²) in [7, 11) is 2.18. The van der Waals surface area contributed by atoms with Crippen LogP contribution in [0.4, 0.5) is 0 Å². The van der Waals surface area contributed by atoms with Gasteiger partial charge in [0.05, 0.1) is 5.56 Å². The molecule has 0 unspecified atom stereocenters. The lowest BCUT2D eigenvalue weighted by Gasteiger charge is -2.49. The predicted octanol–water partition coefficient (Wildman–Crippen LogP) is 7.49. The molecule has 1 nitrogen and oxygen atoms in total. The zero-order valence-electron chi connectivity index (χ0n) is 20.7. The largest absolute Gasteiger partial charge is 0.213 e. The highest BCUT2D eigenvalue weighted by Gasteiger charge is 2.47. The molecule has 0 bridgehead atoms. The van der Waals surface area contributed by atoms with E-state index in [1.165, 1.54) is 61.0 Å². The van der Waals surface area contributed by atoms with E-state index < -0.39 is 0 Å². The Balaban J connectivity index is 1.97. The summed E-state index contributed by atoms with van der Waals surface area (Å²) in [6.07, 6.45) is 2.27. The minimum atomic E-state index is -0.00144. The Morgan fingerprint density at radius 2 is 1.25 bits per heavy atom. The first-order valence-corrected chi connectivity index (χ1v) is 11.7. The lowest BCUT2D eigenvalue weighted by atomic mass is 9.54. The zero-order chi connectivity index (χ0) is 23.0. The highest BCUT2D eigenvalue weighted by Crippen LogP contribution is 2.56. The second-order valence-corrected chi connectivity index (χ2v) is 10.8. The fourth-order valence-electron chi connectivity index (χ4n) is 5.61. The lowest BCUT2D eigenvalue weighted by molar-refractivity contribution is -0.660. The molecule has 0 saturated heterocycles. The van der Waals surface area contributed by atoms with Crippen molar-refractivity contribution in [3.8, 4) is 22.4 Å². The van der Waals surface area contributed by atoms with E-state index in [1.807, 2.05) is 0 Å². The van der Waals surface area contributed by atoms with Gasteiger partial charge in [0.1, 0.15) is 7.05 Å². The third-order valence-corrected chi connectivity index (χ3v) is 8.48. The Labute approximate surface area is 192 Å². The first-order chi connectivity index (χ1) is 15.0. The van der Waals surface area contributed by atoms with E-state index in [-0.39, 0.29) is 10.8 Å². The molecule has 1 aromatic heterocycles. The minimum absolute atomic E-state index is 0.00144. The Morgan fingerprint density at radius 1 is 0.625 bits per heavy atom. The molecule has 5 rings (SSSR count). The summed E-state index contributed by atoms with van der Waals surface area (Å²) in [5.74, 6) is 0. The van der Waals surface area contributed by atoms with Crippen LogP contribution in [-0.2, 0) is 17.9 Å². The van der Waals surface area contributed by atoms with Crippen molar-refractivity contribution in [2.45, 2.75) is 59.3 Å². The third-order valence-electron chi connectivity index (χ3n) is 8.48. The first-order valence-electron chi connectivity index (χ1n) is 11.7. The second kappa shape index (κ2) is 6.78. The van der Waals surface area contributed by atoms with Gasteiger partial charge in [0.15, 0.2) is 6.20 Å². The van der Waals surface area contributed by atoms with Gasteiger partial charge in [0, 0.05) is 11.6 Å². The molecule has 1 heteroatoms. The average Bonchev–Trinajstić information content (AvgIpc) is 2.74. The molecular formula is C31H34N+. The lowest BCUT2D eigenvalue weighted by Crippen LogP contribution is -2.44. The molecular weight excluding hydrogens is 386 g/mol. The van der Waals surface area contributed by atoms with Crippen LogP contribution in [0.5, 0.6) is 0 Å². The molecule has 162 valence electrons. The molecule has 0 radical (unpaired) electrons. The van der Waals surface area contributed by atoms with Crippen molar-refractivity contribution in [2.75, 3.05) is 0 Å². The summed E-state index contributed by atoms with van der Waals surface area (Å²) >= 11 is 0. The van der Waals surface area contributed by atoms with E-state index >= 15 is 0 Å². The van der Waals surface area contributed by atoms with Gasteiger partial charge in [0.25, 0.3) is 0 Å². The highest BCUT2D eigenvalue weighted by molar-refractivity contribution is 5.96. The van der Waals surface area contributed by atoms with Crippen LogP contribution < -0.4 is 4.57 Å². The molecule has 1 aliphatic carbocycles. The van der Waals surface area contributed by atoms with E-state index in [2.05, 4.69) is 121 Å². The fourth-order valence-corrected chi connectivity index (χ4v) is 5.61.